The lowest BCUT2D eigenvalue weighted by atomic mass is 9.94. The molecule has 0 spiro atoms. The summed E-state index contributed by atoms with van der Waals surface area (Å²) >= 11 is 0. The highest BCUT2D eigenvalue weighted by Gasteiger charge is 2.27. The molecule has 1 heterocycles. The van der Waals surface area contributed by atoms with Gasteiger partial charge in [-0.15, -0.1) is 0 Å². The maximum absolute atomic E-state index is 10.9. The molecule has 0 aromatic carbocycles. The van der Waals surface area contributed by atoms with Gasteiger partial charge in [0.2, 0.25) is 0 Å². The molecule has 82 valence electrons. The van der Waals surface area contributed by atoms with Crippen LogP contribution in [0.3, 0.4) is 0 Å². The quantitative estimate of drug-likeness (QED) is 0.634. The van der Waals surface area contributed by atoms with E-state index in [9.17, 15) is 4.79 Å². The Balaban J connectivity index is 2.15. The molecule has 1 fully saturated rings. The molecular formula is C12H22O2. The van der Waals surface area contributed by atoms with E-state index in [2.05, 4.69) is 20.8 Å². The van der Waals surface area contributed by atoms with Crippen LogP contribution in [-0.4, -0.2) is 12.1 Å². The van der Waals surface area contributed by atoms with Crippen molar-refractivity contribution in [1.29, 1.82) is 0 Å². The Bertz CT molecular complexity index is 187. The van der Waals surface area contributed by atoms with E-state index in [0.717, 1.165) is 12.3 Å². The summed E-state index contributed by atoms with van der Waals surface area (Å²) in [5, 5.41) is 0. The summed E-state index contributed by atoms with van der Waals surface area (Å²) in [4.78, 5) is 10.9. The van der Waals surface area contributed by atoms with E-state index in [1.807, 2.05) is 0 Å². The lowest BCUT2D eigenvalue weighted by Crippen LogP contribution is -2.17. The Labute approximate surface area is 87.0 Å². The first-order valence-electron chi connectivity index (χ1n) is 5.79. The van der Waals surface area contributed by atoms with Crippen molar-refractivity contribution in [3.63, 3.8) is 0 Å². The van der Waals surface area contributed by atoms with Gasteiger partial charge in [0, 0.05) is 6.42 Å². The second-order valence-electron chi connectivity index (χ2n) is 4.87. The molecule has 0 saturated carbocycles. The van der Waals surface area contributed by atoms with Gasteiger partial charge in [-0.2, -0.15) is 0 Å². The monoisotopic (exact) mass is 198 g/mol. The molecular weight excluding hydrogens is 176 g/mol. The number of hydrogen-bond donors (Lipinski definition) is 0. The highest BCUT2D eigenvalue weighted by molar-refractivity contribution is 5.71. The van der Waals surface area contributed by atoms with E-state index >= 15 is 0 Å². The van der Waals surface area contributed by atoms with Crippen LogP contribution in [0.15, 0.2) is 0 Å². The van der Waals surface area contributed by atoms with Crippen molar-refractivity contribution in [2.45, 2.75) is 59.0 Å². The van der Waals surface area contributed by atoms with E-state index < -0.39 is 0 Å². The summed E-state index contributed by atoms with van der Waals surface area (Å²) < 4.78 is 5.24. The Morgan fingerprint density at radius 1 is 1.36 bits per heavy atom. The molecule has 0 aromatic rings. The van der Waals surface area contributed by atoms with Gasteiger partial charge < -0.3 is 4.74 Å². The number of hydrogen-bond acceptors (Lipinski definition) is 2. The molecule has 1 saturated heterocycles. The second-order valence-corrected chi connectivity index (χ2v) is 4.87. The van der Waals surface area contributed by atoms with Gasteiger partial charge >= 0.3 is 5.97 Å². The Kier molecular flexibility index (Phi) is 4.43. The third-order valence-electron chi connectivity index (χ3n) is 2.99. The molecule has 1 rings (SSSR count). The summed E-state index contributed by atoms with van der Waals surface area (Å²) in [6, 6.07) is 0. The van der Waals surface area contributed by atoms with Crippen LogP contribution in [0.2, 0.25) is 0 Å². The molecule has 14 heavy (non-hydrogen) atoms. The second kappa shape index (κ2) is 5.38. The molecule has 0 aromatic heterocycles. The van der Waals surface area contributed by atoms with Crippen molar-refractivity contribution in [3.8, 4) is 0 Å². The summed E-state index contributed by atoms with van der Waals surface area (Å²) in [6.45, 7) is 6.70. The van der Waals surface area contributed by atoms with Gasteiger partial charge in [-0.25, -0.2) is 0 Å². The van der Waals surface area contributed by atoms with Crippen LogP contribution < -0.4 is 0 Å². The summed E-state index contributed by atoms with van der Waals surface area (Å²) in [5.41, 5.74) is 0. The van der Waals surface area contributed by atoms with Crippen LogP contribution in [0, 0.1) is 11.8 Å². The smallest absolute Gasteiger partial charge is 0.306 e. The van der Waals surface area contributed by atoms with Crippen molar-refractivity contribution in [2.75, 3.05) is 0 Å². The summed E-state index contributed by atoms with van der Waals surface area (Å²) in [7, 11) is 0. The number of esters is 1. The topological polar surface area (TPSA) is 26.3 Å². The van der Waals surface area contributed by atoms with Crippen molar-refractivity contribution in [2.24, 2.45) is 11.8 Å². The molecule has 0 amide bonds. The van der Waals surface area contributed by atoms with E-state index in [1.54, 1.807) is 0 Å². The molecule has 2 nitrogen and oxygen atoms in total. The molecule has 0 radical (unpaired) electrons. The first kappa shape index (κ1) is 11.5. The molecule has 2 heteroatoms. The lowest BCUT2D eigenvalue weighted by molar-refractivity contribution is -0.143. The first-order valence-corrected chi connectivity index (χ1v) is 5.79. The Morgan fingerprint density at radius 2 is 2.07 bits per heavy atom. The number of carbonyl (C=O) groups excluding carboxylic acids is 1. The highest BCUT2D eigenvalue weighted by Crippen LogP contribution is 2.25. The average Bonchev–Trinajstić information content (AvgIpc) is 2.51. The predicted molar refractivity (Wildman–Crippen MR) is 57.0 cm³/mol. The first-order chi connectivity index (χ1) is 6.59. The minimum atomic E-state index is -0.00860. The maximum atomic E-state index is 10.9. The number of carbonyl (C=O) groups is 1. The van der Waals surface area contributed by atoms with Crippen molar-refractivity contribution in [1.82, 2.24) is 0 Å². The standard InChI is InChI=1S/C12H22O2/c1-9(2)5-4-6-10(3)11-7-8-12(13)14-11/h9-11H,4-8H2,1-3H3. The van der Waals surface area contributed by atoms with Crippen LogP contribution in [0.5, 0.6) is 0 Å². The normalized spacial score (nSPS) is 24.0. The highest BCUT2D eigenvalue weighted by atomic mass is 16.5. The van der Waals surface area contributed by atoms with Crippen LogP contribution in [-0.2, 0) is 9.53 Å². The van der Waals surface area contributed by atoms with Gasteiger partial charge in [-0.3, -0.25) is 4.79 Å². The zero-order valence-electron chi connectivity index (χ0n) is 9.58. The fourth-order valence-electron chi connectivity index (χ4n) is 1.98. The minimum absolute atomic E-state index is 0.00860. The zero-order chi connectivity index (χ0) is 10.6. The third-order valence-corrected chi connectivity index (χ3v) is 2.99. The van der Waals surface area contributed by atoms with E-state index in [0.29, 0.717) is 12.3 Å². The summed E-state index contributed by atoms with van der Waals surface area (Å²) in [6.07, 6.45) is 5.49. The van der Waals surface area contributed by atoms with Gasteiger partial charge in [-0.05, 0) is 24.7 Å². The summed E-state index contributed by atoms with van der Waals surface area (Å²) in [5.74, 6) is 1.32. The molecule has 0 bridgehead atoms. The molecule has 1 aliphatic heterocycles. The third kappa shape index (κ3) is 3.69. The fourth-order valence-corrected chi connectivity index (χ4v) is 1.98. The number of ether oxygens (including phenoxy) is 1. The van der Waals surface area contributed by atoms with Gasteiger partial charge in [0.1, 0.15) is 6.10 Å². The van der Waals surface area contributed by atoms with Gasteiger partial charge in [-0.1, -0.05) is 33.6 Å². The van der Waals surface area contributed by atoms with Crippen LogP contribution >= 0.6 is 0 Å². The minimum Gasteiger partial charge on any atom is -0.462 e. The zero-order valence-corrected chi connectivity index (χ0v) is 9.58. The van der Waals surface area contributed by atoms with Crippen molar-refractivity contribution >= 4 is 5.97 Å². The average molecular weight is 198 g/mol. The maximum Gasteiger partial charge on any atom is 0.306 e. The SMILES string of the molecule is CC(C)CCCC(C)C1CCC(=O)O1. The van der Waals surface area contributed by atoms with E-state index in [-0.39, 0.29) is 12.1 Å². The molecule has 2 atom stereocenters. The largest absolute Gasteiger partial charge is 0.462 e. The molecule has 2 unspecified atom stereocenters. The number of rotatable bonds is 5. The Morgan fingerprint density at radius 3 is 2.57 bits per heavy atom. The van der Waals surface area contributed by atoms with Gasteiger partial charge in [0.25, 0.3) is 0 Å². The number of cyclic esters (lactones) is 1. The van der Waals surface area contributed by atoms with Crippen molar-refractivity contribution < 1.29 is 9.53 Å². The molecule has 0 N–H and O–H groups in total. The lowest BCUT2D eigenvalue weighted by Gasteiger charge is -2.18. The van der Waals surface area contributed by atoms with E-state index in [4.69, 9.17) is 4.74 Å². The molecule has 0 aliphatic carbocycles. The van der Waals surface area contributed by atoms with Gasteiger partial charge in [0.05, 0.1) is 0 Å². The van der Waals surface area contributed by atoms with Crippen LogP contribution in [0.25, 0.3) is 0 Å². The van der Waals surface area contributed by atoms with Gasteiger partial charge in [0.15, 0.2) is 0 Å². The predicted octanol–water partition coefficient (Wildman–Crippen LogP) is 3.15. The molecule has 1 aliphatic rings. The Hall–Kier alpha value is -0.530. The van der Waals surface area contributed by atoms with E-state index in [1.165, 1.54) is 19.3 Å². The van der Waals surface area contributed by atoms with Crippen molar-refractivity contribution in [3.05, 3.63) is 0 Å². The van der Waals surface area contributed by atoms with Crippen LogP contribution in [0.4, 0.5) is 0 Å². The van der Waals surface area contributed by atoms with Crippen LogP contribution in [0.1, 0.15) is 52.9 Å². The fraction of sp³-hybridized carbons (Fsp3) is 0.917.